The number of fused-ring (bicyclic) bond motifs is 1. The smallest absolute Gasteiger partial charge is 0.255 e. The predicted octanol–water partition coefficient (Wildman–Crippen LogP) is 2.93. The number of aromatic nitrogens is 2. The van der Waals surface area contributed by atoms with E-state index in [9.17, 15) is 4.79 Å². The maximum absolute atomic E-state index is 12.8. The third kappa shape index (κ3) is 2.92. The summed E-state index contributed by atoms with van der Waals surface area (Å²) in [5.74, 6) is 0.883. The number of carbonyl (C=O) groups is 1. The second-order valence-electron chi connectivity index (χ2n) is 6.99. The molecule has 2 aliphatic rings. The van der Waals surface area contributed by atoms with Gasteiger partial charge < -0.3 is 15.8 Å². The Morgan fingerprint density at radius 2 is 2.08 bits per heavy atom. The number of hydrogen-bond acceptors (Lipinski definition) is 5. The lowest BCUT2D eigenvalue weighted by molar-refractivity contribution is 0.0360. The summed E-state index contributed by atoms with van der Waals surface area (Å²) in [7, 11) is 0. The van der Waals surface area contributed by atoms with E-state index in [0.717, 1.165) is 30.6 Å². The van der Waals surface area contributed by atoms with Gasteiger partial charge in [0.15, 0.2) is 0 Å². The van der Waals surface area contributed by atoms with E-state index in [0.29, 0.717) is 11.3 Å². The first kappa shape index (κ1) is 15.9. The van der Waals surface area contributed by atoms with E-state index < -0.39 is 0 Å². The summed E-state index contributed by atoms with van der Waals surface area (Å²) in [6.45, 7) is 1.77. The molecule has 1 aliphatic carbocycles. The van der Waals surface area contributed by atoms with Crippen LogP contribution in [-0.2, 0) is 0 Å². The van der Waals surface area contributed by atoms with E-state index in [-0.39, 0.29) is 23.5 Å². The molecule has 1 saturated carbocycles. The van der Waals surface area contributed by atoms with Crippen LogP contribution in [0.25, 0.3) is 0 Å². The highest BCUT2D eigenvalue weighted by Crippen LogP contribution is 2.47. The Morgan fingerprint density at radius 3 is 2.84 bits per heavy atom. The minimum Gasteiger partial charge on any atom is -0.487 e. The number of carbonyl (C=O) groups excluding carboxylic acids is 1. The number of ether oxygens (including phenoxy) is 1. The van der Waals surface area contributed by atoms with Gasteiger partial charge >= 0.3 is 0 Å². The van der Waals surface area contributed by atoms with Gasteiger partial charge in [-0.3, -0.25) is 4.79 Å². The molecule has 3 N–H and O–H groups in total. The van der Waals surface area contributed by atoms with Crippen molar-refractivity contribution in [2.45, 2.75) is 50.7 Å². The van der Waals surface area contributed by atoms with Gasteiger partial charge in [-0.25, -0.2) is 9.97 Å². The molecule has 1 amide bonds. The minimum atomic E-state index is -0.174. The van der Waals surface area contributed by atoms with Crippen LogP contribution in [0.4, 0.5) is 5.95 Å². The topological polar surface area (TPSA) is 90.1 Å². The largest absolute Gasteiger partial charge is 0.487 e. The monoisotopic (exact) mass is 338 g/mol. The van der Waals surface area contributed by atoms with Crippen molar-refractivity contribution in [1.82, 2.24) is 15.3 Å². The fourth-order valence-corrected chi connectivity index (χ4v) is 4.02. The van der Waals surface area contributed by atoms with Crippen molar-refractivity contribution in [1.29, 1.82) is 0 Å². The summed E-state index contributed by atoms with van der Waals surface area (Å²) in [4.78, 5) is 20.8. The van der Waals surface area contributed by atoms with Crippen LogP contribution >= 0.6 is 0 Å². The average molecular weight is 338 g/mol. The van der Waals surface area contributed by atoms with Crippen molar-refractivity contribution < 1.29 is 9.53 Å². The van der Waals surface area contributed by atoms with Crippen LogP contribution in [0.2, 0.25) is 0 Å². The molecule has 0 saturated heterocycles. The van der Waals surface area contributed by atoms with E-state index in [1.165, 1.54) is 19.0 Å². The number of aryl methyl sites for hydroxylation is 1. The molecular formula is C19H22N4O2. The molecule has 6 nitrogen and oxygen atoms in total. The Hall–Kier alpha value is -2.63. The molecule has 1 aromatic carbocycles. The molecule has 0 bridgehead atoms. The predicted molar refractivity (Wildman–Crippen MR) is 94.3 cm³/mol. The number of para-hydroxylation sites is 1. The molecule has 1 aliphatic heterocycles. The van der Waals surface area contributed by atoms with Crippen molar-refractivity contribution in [3.63, 3.8) is 0 Å². The van der Waals surface area contributed by atoms with Gasteiger partial charge in [-0.05, 0) is 38.7 Å². The van der Waals surface area contributed by atoms with Crippen molar-refractivity contribution in [3.8, 4) is 5.75 Å². The van der Waals surface area contributed by atoms with E-state index in [1.807, 2.05) is 24.3 Å². The number of nitrogens with zero attached hydrogens (tertiary/aromatic N) is 2. The number of nitrogens with one attached hydrogen (secondary N) is 1. The molecule has 6 heteroatoms. The molecule has 130 valence electrons. The third-order valence-corrected chi connectivity index (χ3v) is 5.26. The number of nitrogens with two attached hydrogens (primary N) is 1. The highest BCUT2D eigenvalue weighted by Gasteiger charge is 2.43. The normalized spacial score (nSPS) is 20.8. The maximum atomic E-state index is 12.8. The van der Waals surface area contributed by atoms with Crippen molar-refractivity contribution in [2.24, 2.45) is 0 Å². The Bertz CT molecular complexity index is 815. The molecule has 4 rings (SSSR count). The van der Waals surface area contributed by atoms with Crippen LogP contribution in [0.5, 0.6) is 5.75 Å². The average Bonchev–Trinajstić information content (AvgIpc) is 3.02. The SMILES string of the molecule is Cc1nc(N)ncc1C(=O)NC1CC2(CCCC2)Oc2ccccc21. The van der Waals surface area contributed by atoms with Gasteiger partial charge in [0.05, 0.1) is 17.3 Å². The summed E-state index contributed by atoms with van der Waals surface area (Å²) >= 11 is 0. The molecule has 1 spiro atoms. The zero-order valence-electron chi connectivity index (χ0n) is 14.3. The van der Waals surface area contributed by atoms with E-state index in [2.05, 4.69) is 15.3 Å². The fourth-order valence-electron chi connectivity index (χ4n) is 4.02. The highest BCUT2D eigenvalue weighted by atomic mass is 16.5. The molecule has 1 aromatic heterocycles. The van der Waals surface area contributed by atoms with Gasteiger partial charge in [0.1, 0.15) is 11.4 Å². The maximum Gasteiger partial charge on any atom is 0.255 e. The molecule has 2 heterocycles. The molecular weight excluding hydrogens is 316 g/mol. The van der Waals surface area contributed by atoms with Crippen LogP contribution in [0.1, 0.15) is 59.8 Å². The van der Waals surface area contributed by atoms with Crippen LogP contribution in [0, 0.1) is 6.92 Å². The van der Waals surface area contributed by atoms with Crippen molar-refractivity contribution in [2.75, 3.05) is 5.73 Å². The number of benzene rings is 1. The van der Waals surface area contributed by atoms with Crippen molar-refractivity contribution >= 4 is 11.9 Å². The van der Waals surface area contributed by atoms with Crippen LogP contribution in [-0.4, -0.2) is 21.5 Å². The number of anilines is 1. The first-order valence-electron chi connectivity index (χ1n) is 8.74. The first-order chi connectivity index (χ1) is 12.1. The lowest BCUT2D eigenvalue weighted by atomic mass is 9.86. The summed E-state index contributed by atoms with van der Waals surface area (Å²) in [5.41, 5.74) is 7.50. The van der Waals surface area contributed by atoms with E-state index in [4.69, 9.17) is 10.5 Å². The van der Waals surface area contributed by atoms with Crippen LogP contribution in [0.3, 0.4) is 0 Å². The second-order valence-corrected chi connectivity index (χ2v) is 6.99. The Morgan fingerprint density at radius 1 is 1.32 bits per heavy atom. The second kappa shape index (κ2) is 6.02. The van der Waals surface area contributed by atoms with Crippen LogP contribution in [0.15, 0.2) is 30.5 Å². The summed E-state index contributed by atoms with van der Waals surface area (Å²) in [6.07, 6.45) is 6.71. The lowest BCUT2D eigenvalue weighted by Crippen LogP contribution is -2.43. The molecule has 1 atom stereocenters. The molecule has 0 radical (unpaired) electrons. The zero-order valence-corrected chi connectivity index (χ0v) is 14.3. The Labute approximate surface area is 146 Å². The quantitative estimate of drug-likeness (QED) is 0.878. The Kier molecular flexibility index (Phi) is 3.82. The summed E-state index contributed by atoms with van der Waals surface area (Å²) in [5, 5.41) is 3.16. The highest BCUT2D eigenvalue weighted by molar-refractivity contribution is 5.95. The first-order valence-corrected chi connectivity index (χ1v) is 8.74. The van der Waals surface area contributed by atoms with E-state index >= 15 is 0 Å². The van der Waals surface area contributed by atoms with E-state index in [1.54, 1.807) is 6.92 Å². The lowest BCUT2D eigenvalue weighted by Gasteiger charge is -2.40. The number of amides is 1. The Balaban J connectivity index is 1.63. The van der Waals surface area contributed by atoms with Crippen molar-refractivity contribution in [3.05, 3.63) is 47.3 Å². The fraction of sp³-hybridized carbons (Fsp3) is 0.421. The molecule has 25 heavy (non-hydrogen) atoms. The molecule has 1 fully saturated rings. The third-order valence-electron chi connectivity index (χ3n) is 5.26. The van der Waals surface area contributed by atoms with Gasteiger partial charge in [0.2, 0.25) is 5.95 Å². The number of hydrogen-bond donors (Lipinski definition) is 2. The molecule has 1 unspecified atom stereocenters. The molecule has 2 aromatic rings. The van der Waals surface area contributed by atoms with Gasteiger partial charge in [-0.2, -0.15) is 0 Å². The van der Waals surface area contributed by atoms with Crippen LogP contribution < -0.4 is 15.8 Å². The van der Waals surface area contributed by atoms with Gasteiger partial charge in [-0.1, -0.05) is 18.2 Å². The number of rotatable bonds is 2. The van der Waals surface area contributed by atoms with Gasteiger partial charge in [0, 0.05) is 18.2 Å². The standard InChI is InChI=1S/C19H22N4O2/c1-12-14(11-21-18(20)22-12)17(24)23-15-10-19(8-4-5-9-19)25-16-7-3-2-6-13(15)16/h2-3,6-7,11,15H,4-5,8-10H2,1H3,(H,23,24)(H2,20,21,22). The summed E-state index contributed by atoms with van der Waals surface area (Å²) < 4.78 is 6.34. The van der Waals surface area contributed by atoms with Gasteiger partial charge in [0.25, 0.3) is 5.91 Å². The van der Waals surface area contributed by atoms with Gasteiger partial charge in [-0.15, -0.1) is 0 Å². The minimum absolute atomic E-state index is 0.0764. The zero-order chi connectivity index (χ0) is 17.4. The number of nitrogen functional groups attached to an aromatic ring is 1. The summed E-state index contributed by atoms with van der Waals surface area (Å²) in [6, 6.07) is 7.89.